The maximum absolute atomic E-state index is 10.0. The van der Waals surface area contributed by atoms with E-state index in [-0.39, 0.29) is 0 Å². The van der Waals surface area contributed by atoms with Crippen molar-refractivity contribution in [3.8, 4) is 0 Å². The fraction of sp³-hybridized carbons (Fsp3) is 1.00. The van der Waals surface area contributed by atoms with Crippen LogP contribution in [0, 0.1) is 5.92 Å². The van der Waals surface area contributed by atoms with E-state index in [1.807, 2.05) is 13.8 Å². The second kappa shape index (κ2) is 6.41. The third-order valence-corrected chi connectivity index (χ3v) is 3.10. The summed E-state index contributed by atoms with van der Waals surface area (Å²) in [5.74, 6) is 0.679. The molecule has 0 heterocycles. The first kappa shape index (κ1) is 13.9. The molecule has 0 spiro atoms. The number of rotatable bonds is 7. The highest BCUT2D eigenvalue weighted by molar-refractivity contribution is 4.83. The molecule has 0 saturated heterocycles. The lowest BCUT2D eigenvalue weighted by Gasteiger charge is -2.31. The molecule has 0 amide bonds. The van der Waals surface area contributed by atoms with Gasteiger partial charge in [-0.05, 0) is 25.2 Å². The van der Waals surface area contributed by atoms with E-state index in [2.05, 4.69) is 13.8 Å². The van der Waals surface area contributed by atoms with Crippen LogP contribution in [0.15, 0.2) is 0 Å². The summed E-state index contributed by atoms with van der Waals surface area (Å²) >= 11 is 0. The summed E-state index contributed by atoms with van der Waals surface area (Å²) in [6, 6.07) is 0. The Morgan fingerprint density at radius 2 is 1.57 bits per heavy atom. The molecule has 0 aliphatic carbocycles. The third-order valence-electron chi connectivity index (χ3n) is 3.10. The maximum Gasteiger partial charge on any atom is 0.0900 e. The van der Waals surface area contributed by atoms with E-state index >= 15 is 0 Å². The molecule has 0 aromatic heterocycles. The Labute approximate surface area is 88.3 Å². The lowest BCUT2D eigenvalue weighted by atomic mass is 9.87. The zero-order valence-electron chi connectivity index (χ0n) is 10.1. The van der Waals surface area contributed by atoms with Gasteiger partial charge in [-0.1, -0.05) is 40.5 Å². The summed E-state index contributed by atoms with van der Waals surface area (Å²) in [6.07, 6.45) is 3.55. The van der Waals surface area contributed by atoms with Gasteiger partial charge in [0, 0.05) is 0 Å². The van der Waals surface area contributed by atoms with Crippen LogP contribution in [0.1, 0.15) is 59.8 Å². The number of aliphatic hydroxyl groups is 2. The van der Waals surface area contributed by atoms with Crippen molar-refractivity contribution in [2.24, 2.45) is 5.92 Å². The summed E-state index contributed by atoms with van der Waals surface area (Å²) < 4.78 is 0. The molecule has 0 aromatic rings. The summed E-state index contributed by atoms with van der Waals surface area (Å²) in [5, 5.41) is 19.8. The van der Waals surface area contributed by atoms with Gasteiger partial charge >= 0.3 is 0 Å². The molecule has 1 atom stereocenters. The van der Waals surface area contributed by atoms with Crippen molar-refractivity contribution in [3.05, 3.63) is 0 Å². The fourth-order valence-corrected chi connectivity index (χ4v) is 1.71. The minimum Gasteiger partial charge on any atom is -0.390 e. The quantitative estimate of drug-likeness (QED) is 0.666. The van der Waals surface area contributed by atoms with Gasteiger partial charge in [0.25, 0.3) is 0 Å². The molecule has 2 nitrogen and oxygen atoms in total. The zero-order valence-corrected chi connectivity index (χ0v) is 10.1. The van der Waals surface area contributed by atoms with Crippen LogP contribution < -0.4 is 0 Å². The molecule has 0 aliphatic heterocycles. The molecule has 0 aromatic carbocycles. The van der Waals surface area contributed by atoms with E-state index in [0.29, 0.717) is 18.8 Å². The smallest absolute Gasteiger partial charge is 0.0900 e. The van der Waals surface area contributed by atoms with Gasteiger partial charge < -0.3 is 10.2 Å². The average molecular weight is 202 g/mol. The molecule has 1 unspecified atom stereocenters. The van der Waals surface area contributed by atoms with Crippen molar-refractivity contribution in [2.75, 3.05) is 0 Å². The van der Waals surface area contributed by atoms with Crippen molar-refractivity contribution < 1.29 is 10.2 Å². The Bertz CT molecular complexity index is 139. The van der Waals surface area contributed by atoms with Crippen molar-refractivity contribution in [2.45, 2.75) is 71.5 Å². The third kappa shape index (κ3) is 4.43. The van der Waals surface area contributed by atoms with Crippen molar-refractivity contribution in [1.29, 1.82) is 0 Å². The highest BCUT2D eigenvalue weighted by atomic mass is 16.3. The Hall–Kier alpha value is -0.0800. The van der Waals surface area contributed by atoms with E-state index in [0.717, 1.165) is 19.3 Å². The number of hydrogen-bond donors (Lipinski definition) is 2. The molecule has 14 heavy (non-hydrogen) atoms. The Kier molecular flexibility index (Phi) is 6.38. The van der Waals surface area contributed by atoms with Gasteiger partial charge in [-0.2, -0.15) is 0 Å². The monoisotopic (exact) mass is 202 g/mol. The summed E-state index contributed by atoms with van der Waals surface area (Å²) in [6.45, 7) is 8.21. The molecule has 0 radical (unpaired) electrons. The van der Waals surface area contributed by atoms with Crippen LogP contribution in [0.5, 0.6) is 0 Å². The first-order valence-corrected chi connectivity index (χ1v) is 5.86. The highest BCUT2D eigenvalue weighted by Gasteiger charge is 2.30. The van der Waals surface area contributed by atoms with Gasteiger partial charge in [-0.25, -0.2) is 0 Å². The van der Waals surface area contributed by atoms with Crippen LogP contribution in [0.25, 0.3) is 0 Å². The molecule has 0 saturated carbocycles. The van der Waals surface area contributed by atoms with E-state index in [4.69, 9.17) is 0 Å². The Balaban J connectivity index is 3.87. The number of aliphatic hydroxyl groups excluding tert-OH is 1. The number of hydrogen-bond acceptors (Lipinski definition) is 2. The SMILES string of the molecule is CCC(O)(CC)C(O)CCCC(C)C. The van der Waals surface area contributed by atoms with Crippen LogP contribution >= 0.6 is 0 Å². The second-order valence-electron chi connectivity index (χ2n) is 4.65. The van der Waals surface area contributed by atoms with E-state index in [1.54, 1.807) is 0 Å². The Morgan fingerprint density at radius 1 is 1.07 bits per heavy atom. The minimum absolute atomic E-state index is 0.559. The van der Waals surface area contributed by atoms with Crippen molar-refractivity contribution >= 4 is 0 Å². The predicted octanol–water partition coefficient (Wildman–Crippen LogP) is 2.72. The Morgan fingerprint density at radius 3 is 1.93 bits per heavy atom. The normalized spacial score (nSPS) is 14.8. The van der Waals surface area contributed by atoms with Crippen molar-refractivity contribution in [3.63, 3.8) is 0 Å². The van der Waals surface area contributed by atoms with Crippen LogP contribution in [0.2, 0.25) is 0 Å². The maximum atomic E-state index is 10.0. The van der Waals surface area contributed by atoms with Gasteiger partial charge in [0.1, 0.15) is 0 Å². The zero-order chi connectivity index (χ0) is 11.2. The van der Waals surface area contributed by atoms with Gasteiger partial charge in [0.15, 0.2) is 0 Å². The molecule has 2 heteroatoms. The van der Waals surface area contributed by atoms with Gasteiger partial charge in [-0.15, -0.1) is 0 Å². The van der Waals surface area contributed by atoms with E-state index in [1.165, 1.54) is 0 Å². The van der Waals surface area contributed by atoms with E-state index in [9.17, 15) is 10.2 Å². The largest absolute Gasteiger partial charge is 0.390 e. The van der Waals surface area contributed by atoms with Gasteiger partial charge in [0.05, 0.1) is 11.7 Å². The molecular formula is C12H26O2. The molecule has 2 N–H and O–H groups in total. The van der Waals surface area contributed by atoms with E-state index < -0.39 is 11.7 Å². The first-order valence-electron chi connectivity index (χ1n) is 5.86. The molecular weight excluding hydrogens is 176 g/mol. The topological polar surface area (TPSA) is 40.5 Å². The standard InChI is InChI=1S/C12H26O2/c1-5-12(14,6-2)11(13)9-7-8-10(3)4/h10-11,13-14H,5-9H2,1-4H3. The average Bonchev–Trinajstić information content (AvgIpc) is 2.15. The van der Waals surface area contributed by atoms with Crippen LogP contribution in [-0.4, -0.2) is 21.9 Å². The van der Waals surface area contributed by atoms with Crippen LogP contribution in [0.4, 0.5) is 0 Å². The lowest BCUT2D eigenvalue weighted by Crippen LogP contribution is -2.41. The fourth-order valence-electron chi connectivity index (χ4n) is 1.71. The summed E-state index contributed by atoms with van der Waals surface area (Å²) in [7, 11) is 0. The van der Waals surface area contributed by atoms with Gasteiger partial charge in [0.2, 0.25) is 0 Å². The van der Waals surface area contributed by atoms with Gasteiger partial charge in [-0.3, -0.25) is 0 Å². The lowest BCUT2D eigenvalue weighted by molar-refractivity contribution is -0.0836. The van der Waals surface area contributed by atoms with Crippen LogP contribution in [-0.2, 0) is 0 Å². The molecule has 0 fully saturated rings. The van der Waals surface area contributed by atoms with Crippen molar-refractivity contribution in [1.82, 2.24) is 0 Å². The second-order valence-corrected chi connectivity index (χ2v) is 4.65. The molecule has 0 aliphatic rings. The molecule has 0 bridgehead atoms. The molecule has 86 valence electrons. The molecule has 0 rings (SSSR count). The van der Waals surface area contributed by atoms with Crippen LogP contribution in [0.3, 0.4) is 0 Å². The first-order chi connectivity index (χ1) is 6.46. The summed E-state index contributed by atoms with van der Waals surface area (Å²) in [4.78, 5) is 0. The highest BCUT2D eigenvalue weighted by Crippen LogP contribution is 2.23. The summed E-state index contributed by atoms with van der Waals surface area (Å²) in [5.41, 5.74) is -0.864. The minimum atomic E-state index is -0.864. The predicted molar refractivity (Wildman–Crippen MR) is 60.2 cm³/mol.